The molecule has 186 valence electrons. The number of hydrogen-bond donors (Lipinski definition) is 0. The van der Waals surface area contributed by atoms with Crippen LogP contribution in [-0.2, 0) is 9.53 Å². The van der Waals surface area contributed by atoms with Gasteiger partial charge in [0.05, 0.1) is 47.6 Å². The predicted molar refractivity (Wildman–Crippen MR) is 133 cm³/mol. The fourth-order valence-electron chi connectivity index (χ4n) is 4.01. The van der Waals surface area contributed by atoms with Crippen LogP contribution in [0.15, 0.2) is 63.5 Å². The summed E-state index contributed by atoms with van der Waals surface area (Å²) in [5, 5.41) is 11.2. The zero-order chi connectivity index (χ0) is 26.0. The van der Waals surface area contributed by atoms with E-state index < -0.39 is 16.9 Å². The summed E-state index contributed by atoms with van der Waals surface area (Å²) >= 11 is 1.13. The van der Waals surface area contributed by atoms with Crippen LogP contribution in [0.3, 0.4) is 0 Å². The Morgan fingerprint density at radius 1 is 1.19 bits per heavy atom. The molecule has 36 heavy (non-hydrogen) atoms. The highest BCUT2D eigenvalue weighted by molar-refractivity contribution is 7.07. The Kier molecular flexibility index (Phi) is 7.02. The molecular weight excluding hydrogens is 486 g/mol. The van der Waals surface area contributed by atoms with Crippen LogP contribution in [0.4, 0.5) is 5.69 Å². The summed E-state index contributed by atoms with van der Waals surface area (Å²) < 4.78 is 17.8. The smallest absolute Gasteiger partial charge is 0.338 e. The van der Waals surface area contributed by atoms with Crippen molar-refractivity contribution in [2.75, 3.05) is 20.8 Å². The van der Waals surface area contributed by atoms with Crippen LogP contribution < -0.4 is 24.4 Å². The fraction of sp³-hybridized carbons (Fsp3) is 0.240. The number of allylic oxidation sites excluding steroid dienone is 1. The Balaban J connectivity index is 1.96. The Morgan fingerprint density at radius 3 is 2.61 bits per heavy atom. The van der Waals surface area contributed by atoms with Gasteiger partial charge in [0.1, 0.15) is 0 Å². The first-order chi connectivity index (χ1) is 17.3. The number of nitro benzene ring substituents is 1. The number of aromatic nitrogens is 1. The average Bonchev–Trinajstić information content (AvgIpc) is 3.17. The first-order valence-corrected chi connectivity index (χ1v) is 11.8. The lowest BCUT2D eigenvalue weighted by Crippen LogP contribution is -2.39. The van der Waals surface area contributed by atoms with Crippen molar-refractivity contribution >= 4 is 29.1 Å². The molecular formula is C25H23N3O7S. The molecule has 4 rings (SSSR count). The number of thiazole rings is 1. The monoisotopic (exact) mass is 509 g/mol. The van der Waals surface area contributed by atoms with Gasteiger partial charge in [-0.15, -0.1) is 0 Å². The zero-order valence-corrected chi connectivity index (χ0v) is 20.8. The van der Waals surface area contributed by atoms with E-state index in [2.05, 4.69) is 4.99 Å². The molecule has 2 heterocycles. The number of rotatable bonds is 7. The molecule has 0 spiro atoms. The predicted octanol–water partition coefficient (Wildman–Crippen LogP) is 2.72. The third-order valence-electron chi connectivity index (χ3n) is 5.62. The topological polar surface area (TPSA) is 122 Å². The molecule has 0 saturated carbocycles. The number of ether oxygens (including phenoxy) is 3. The maximum absolute atomic E-state index is 13.6. The third kappa shape index (κ3) is 4.52. The molecule has 1 aliphatic rings. The quantitative estimate of drug-likeness (QED) is 0.273. The number of nitro groups is 1. The maximum Gasteiger partial charge on any atom is 0.338 e. The second-order valence-corrected chi connectivity index (χ2v) is 8.78. The van der Waals surface area contributed by atoms with Crippen molar-refractivity contribution in [1.29, 1.82) is 0 Å². The van der Waals surface area contributed by atoms with Crippen LogP contribution in [0.2, 0.25) is 0 Å². The standard InChI is InChI=1S/C25H23N3O7S/c1-5-35-24(30)21-14(2)26-25-27(22(21)16-9-10-18(33-3)19(13-16)34-4)23(29)20(36-25)12-15-7-6-8-17(11-15)28(31)32/h6-13,22H,5H2,1-4H3/b20-12+/t22-/m0/s1. The van der Waals surface area contributed by atoms with E-state index in [0.717, 1.165) is 11.3 Å². The molecule has 0 saturated heterocycles. The molecule has 0 aliphatic carbocycles. The summed E-state index contributed by atoms with van der Waals surface area (Å²) in [4.78, 5) is 42.2. The molecule has 3 aromatic rings. The number of methoxy groups -OCH3 is 2. The lowest BCUT2D eigenvalue weighted by Gasteiger charge is -2.25. The zero-order valence-electron chi connectivity index (χ0n) is 20.0. The lowest BCUT2D eigenvalue weighted by atomic mass is 9.95. The Labute approximate surface area is 209 Å². The van der Waals surface area contributed by atoms with Crippen molar-refractivity contribution in [3.05, 3.63) is 94.7 Å². The summed E-state index contributed by atoms with van der Waals surface area (Å²) in [7, 11) is 3.02. The van der Waals surface area contributed by atoms with Crippen LogP contribution in [0.1, 0.15) is 31.0 Å². The van der Waals surface area contributed by atoms with Crippen molar-refractivity contribution < 1.29 is 23.9 Å². The van der Waals surface area contributed by atoms with Gasteiger partial charge >= 0.3 is 5.97 Å². The number of esters is 1. The van der Waals surface area contributed by atoms with Gasteiger partial charge in [-0.2, -0.15) is 0 Å². The maximum atomic E-state index is 13.6. The minimum absolute atomic E-state index is 0.0832. The van der Waals surface area contributed by atoms with Crippen LogP contribution in [0.25, 0.3) is 6.08 Å². The van der Waals surface area contributed by atoms with Crippen molar-refractivity contribution in [3.63, 3.8) is 0 Å². The molecule has 1 aliphatic heterocycles. The molecule has 1 aromatic heterocycles. The number of carbonyl (C=O) groups excluding carboxylic acids is 1. The Hall–Kier alpha value is -4.25. The molecule has 0 bridgehead atoms. The number of carbonyl (C=O) groups is 1. The normalized spacial score (nSPS) is 15.2. The second-order valence-electron chi connectivity index (χ2n) is 7.77. The highest BCUT2D eigenvalue weighted by Gasteiger charge is 2.33. The van der Waals surface area contributed by atoms with Gasteiger partial charge in [-0.1, -0.05) is 29.5 Å². The van der Waals surface area contributed by atoms with Crippen molar-refractivity contribution in [2.45, 2.75) is 19.9 Å². The van der Waals surface area contributed by atoms with E-state index in [1.54, 1.807) is 50.3 Å². The summed E-state index contributed by atoms with van der Waals surface area (Å²) in [6.07, 6.45) is 1.58. The van der Waals surface area contributed by atoms with E-state index in [1.807, 2.05) is 0 Å². The minimum Gasteiger partial charge on any atom is -0.493 e. The lowest BCUT2D eigenvalue weighted by molar-refractivity contribution is -0.384. The largest absolute Gasteiger partial charge is 0.493 e. The number of nitrogens with zero attached hydrogens (tertiary/aromatic N) is 3. The van der Waals surface area contributed by atoms with E-state index in [0.29, 0.717) is 37.7 Å². The van der Waals surface area contributed by atoms with E-state index in [1.165, 1.54) is 30.9 Å². The molecule has 0 N–H and O–H groups in total. The summed E-state index contributed by atoms with van der Waals surface area (Å²) in [5.74, 6) is 0.357. The van der Waals surface area contributed by atoms with Gasteiger partial charge < -0.3 is 14.2 Å². The molecule has 0 radical (unpaired) electrons. The molecule has 0 fully saturated rings. The van der Waals surface area contributed by atoms with Crippen LogP contribution in [-0.4, -0.2) is 36.3 Å². The van der Waals surface area contributed by atoms with Gasteiger partial charge in [-0.25, -0.2) is 9.79 Å². The Morgan fingerprint density at radius 2 is 1.94 bits per heavy atom. The highest BCUT2D eigenvalue weighted by Crippen LogP contribution is 2.36. The summed E-state index contributed by atoms with van der Waals surface area (Å²) in [5.41, 5.74) is 1.29. The first-order valence-electron chi connectivity index (χ1n) is 10.9. The van der Waals surface area contributed by atoms with Crippen LogP contribution in [0.5, 0.6) is 11.5 Å². The number of fused-ring (bicyclic) bond motifs is 1. The van der Waals surface area contributed by atoms with Crippen molar-refractivity contribution in [1.82, 2.24) is 4.57 Å². The molecule has 1 atom stereocenters. The third-order valence-corrected chi connectivity index (χ3v) is 6.60. The van der Waals surface area contributed by atoms with Gasteiger partial charge in [0, 0.05) is 12.1 Å². The average molecular weight is 510 g/mol. The SMILES string of the molecule is CCOC(=O)C1=C(C)N=c2s/c(=C/c3cccc([N+](=O)[O-])c3)c(=O)n2[C@H]1c1ccc(OC)c(OC)c1. The van der Waals surface area contributed by atoms with Crippen molar-refractivity contribution in [3.8, 4) is 11.5 Å². The summed E-state index contributed by atoms with van der Waals surface area (Å²) in [6.45, 7) is 3.55. The number of hydrogen-bond acceptors (Lipinski definition) is 9. The van der Waals surface area contributed by atoms with E-state index in [-0.39, 0.29) is 23.4 Å². The summed E-state index contributed by atoms with van der Waals surface area (Å²) in [6, 6.07) is 10.3. The van der Waals surface area contributed by atoms with E-state index in [9.17, 15) is 19.7 Å². The van der Waals surface area contributed by atoms with Gasteiger partial charge in [0.15, 0.2) is 16.3 Å². The van der Waals surface area contributed by atoms with Crippen LogP contribution >= 0.6 is 11.3 Å². The molecule has 11 heteroatoms. The van der Waals surface area contributed by atoms with Crippen molar-refractivity contribution in [2.24, 2.45) is 4.99 Å². The second kappa shape index (κ2) is 10.2. The molecule has 0 unspecified atom stereocenters. The van der Waals surface area contributed by atoms with Gasteiger partial charge in [-0.3, -0.25) is 19.5 Å². The Bertz CT molecular complexity index is 1570. The molecule has 0 amide bonds. The molecule has 10 nitrogen and oxygen atoms in total. The van der Waals surface area contributed by atoms with E-state index >= 15 is 0 Å². The van der Waals surface area contributed by atoms with Gasteiger partial charge in [-0.05, 0) is 43.2 Å². The highest BCUT2D eigenvalue weighted by atomic mass is 32.1. The van der Waals surface area contributed by atoms with Crippen LogP contribution in [0, 0.1) is 10.1 Å². The van der Waals surface area contributed by atoms with Gasteiger partial charge in [0.25, 0.3) is 11.2 Å². The van der Waals surface area contributed by atoms with E-state index in [4.69, 9.17) is 14.2 Å². The minimum atomic E-state index is -0.827. The van der Waals surface area contributed by atoms with Gasteiger partial charge in [0.2, 0.25) is 0 Å². The number of benzene rings is 2. The fourth-order valence-corrected chi connectivity index (χ4v) is 5.06. The number of non-ortho nitro benzene ring substituents is 1. The first kappa shape index (κ1) is 24.9. The molecule has 2 aromatic carbocycles.